The van der Waals surface area contributed by atoms with Crippen molar-refractivity contribution >= 4 is 11.7 Å². The largest absolute Gasteiger partial charge is 0.459 e. The molecular formula is C18H18F6N4O2. The number of anilines is 1. The predicted octanol–water partition coefficient (Wildman–Crippen LogP) is 4.51. The fraction of sp³-hybridized carbons (Fsp3) is 0.444. The summed E-state index contributed by atoms with van der Waals surface area (Å²) in [4.78, 5) is 7.36. The first-order valence-electron chi connectivity index (χ1n) is 8.71. The van der Waals surface area contributed by atoms with E-state index in [0.717, 1.165) is 19.1 Å². The quantitative estimate of drug-likeness (QED) is 0.689. The number of nitrogens with zero attached hydrogens (tertiary/aromatic N) is 2. The minimum Gasteiger partial charge on any atom is -0.459 e. The highest BCUT2D eigenvalue weighted by molar-refractivity contribution is 5.73. The molecule has 6 nitrogen and oxygen atoms in total. The standard InChI is InChI=1S/C18H18F6N4O2/c1-8(13-14(18(22,23)24)30-9(2)27-13)26-10-4-5-12(19)11(6-10)16(3)17(20,21)7-29-15(25)28-16/h4-6,8,26H,7H2,1-3H3,(H2,25,28)/t8?,16-/m1/s1. The third-order valence-electron chi connectivity index (χ3n) is 4.75. The first kappa shape index (κ1) is 21.8. The van der Waals surface area contributed by atoms with Crippen LogP contribution in [-0.4, -0.2) is 23.5 Å². The lowest BCUT2D eigenvalue weighted by Gasteiger charge is -2.37. The van der Waals surface area contributed by atoms with Crippen molar-refractivity contribution in [2.24, 2.45) is 10.7 Å². The highest BCUT2D eigenvalue weighted by atomic mass is 19.4. The van der Waals surface area contributed by atoms with Gasteiger partial charge in [-0.05, 0) is 32.0 Å². The van der Waals surface area contributed by atoms with Crippen LogP contribution >= 0.6 is 0 Å². The zero-order chi connectivity index (χ0) is 22.5. The van der Waals surface area contributed by atoms with Gasteiger partial charge in [0, 0.05) is 18.2 Å². The van der Waals surface area contributed by atoms with E-state index in [1.165, 1.54) is 19.9 Å². The Kier molecular flexibility index (Phi) is 5.15. The normalized spacial score (nSPS) is 22.2. The summed E-state index contributed by atoms with van der Waals surface area (Å²) >= 11 is 0. The monoisotopic (exact) mass is 436 g/mol. The molecule has 0 saturated heterocycles. The second-order valence-corrected chi connectivity index (χ2v) is 7.02. The lowest BCUT2D eigenvalue weighted by molar-refractivity contribution is -0.154. The zero-order valence-corrected chi connectivity index (χ0v) is 16.1. The number of hydrogen-bond donors (Lipinski definition) is 2. The molecule has 2 aromatic rings. The molecule has 1 aliphatic rings. The van der Waals surface area contributed by atoms with Crippen molar-refractivity contribution in [3.8, 4) is 0 Å². The number of ether oxygens (including phenoxy) is 1. The van der Waals surface area contributed by atoms with Crippen LogP contribution in [-0.2, 0) is 16.5 Å². The van der Waals surface area contributed by atoms with Gasteiger partial charge in [-0.25, -0.2) is 14.4 Å². The van der Waals surface area contributed by atoms with Crippen LogP contribution in [0.3, 0.4) is 0 Å². The third-order valence-corrected chi connectivity index (χ3v) is 4.75. The number of alkyl halides is 5. The van der Waals surface area contributed by atoms with Crippen molar-refractivity contribution in [3.05, 3.63) is 46.9 Å². The first-order valence-corrected chi connectivity index (χ1v) is 8.71. The number of hydrogen-bond acceptors (Lipinski definition) is 6. The van der Waals surface area contributed by atoms with E-state index in [2.05, 4.69) is 24.4 Å². The van der Waals surface area contributed by atoms with Gasteiger partial charge in [0.1, 0.15) is 11.5 Å². The minimum absolute atomic E-state index is 0.0740. The molecule has 0 aliphatic carbocycles. The zero-order valence-electron chi connectivity index (χ0n) is 16.1. The molecular weight excluding hydrogens is 418 g/mol. The van der Waals surface area contributed by atoms with E-state index >= 15 is 0 Å². The highest BCUT2D eigenvalue weighted by Gasteiger charge is 2.56. The Labute approximate surface area is 167 Å². The van der Waals surface area contributed by atoms with Crippen LogP contribution in [0.1, 0.15) is 42.8 Å². The predicted molar refractivity (Wildman–Crippen MR) is 94.6 cm³/mol. The summed E-state index contributed by atoms with van der Waals surface area (Å²) in [5, 5.41) is 2.70. The summed E-state index contributed by atoms with van der Waals surface area (Å²) < 4.78 is 92.2. The average Bonchev–Trinajstić information content (AvgIpc) is 3.03. The molecule has 1 aromatic heterocycles. The Morgan fingerprint density at radius 1 is 1.27 bits per heavy atom. The molecule has 1 unspecified atom stereocenters. The number of aryl methyl sites for hydroxylation is 1. The minimum atomic E-state index is -4.77. The molecule has 0 radical (unpaired) electrons. The van der Waals surface area contributed by atoms with Crippen molar-refractivity contribution < 1.29 is 35.5 Å². The number of nitrogens with one attached hydrogen (secondary N) is 1. The summed E-state index contributed by atoms with van der Waals surface area (Å²) in [5.41, 5.74) is 2.19. The van der Waals surface area contributed by atoms with Crippen LogP contribution in [0, 0.1) is 12.7 Å². The molecule has 12 heteroatoms. The van der Waals surface area contributed by atoms with Crippen LogP contribution in [0.15, 0.2) is 27.6 Å². The smallest absolute Gasteiger partial charge is 0.451 e. The maximum Gasteiger partial charge on any atom is 0.451 e. The van der Waals surface area contributed by atoms with Gasteiger partial charge in [0.25, 0.3) is 6.02 Å². The molecule has 0 bridgehead atoms. The number of halogens is 6. The molecule has 164 valence electrons. The molecule has 1 aromatic carbocycles. The maximum absolute atomic E-state index is 14.5. The fourth-order valence-electron chi connectivity index (χ4n) is 3.14. The summed E-state index contributed by atoms with van der Waals surface area (Å²) in [7, 11) is 0. The number of oxazole rings is 1. The Hall–Kier alpha value is -2.92. The average molecular weight is 436 g/mol. The first-order chi connectivity index (χ1) is 13.7. The fourth-order valence-corrected chi connectivity index (χ4v) is 3.14. The van der Waals surface area contributed by atoms with Gasteiger partial charge in [-0.15, -0.1) is 0 Å². The van der Waals surface area contributed by atoms with Gasteiger partial charge in [-0.1, -0.05) is 0 Å². The number of amidine groups is 1. The van der Waals surface area contributed by atoms with E-state index < -0.39 is 59.1 Å². The van der Waals surface area contributed by atoms with Crippen molar-refractivity contribution in [3.63, 3.8) is 0 Å². The van der Waals surface area contributed by atoms with Gasteiger partial charge in [0.2, 0.25) is 5.76 Å². The molecule has 0 saturated carbocycles. The van der Waals surface area contributed by atoms with Gasteiger partial charge < -0.3 is 20.2 Å². The summed E-state index contributed by atoms with van der Waals surface area (Å²) in [5.74, 6) is -6.04. The van der Waals surface area contributed by atoms with Crippen molar-refractivity contribution in [1.82, 2.24) is 4.98 Å². The Bertz CT molecular complexity index is 988. The van der Waals surface area contributed by atoms with Crippen LogP contribution < -0.4 is 11.1 Å². The molecule has 0 amide bonds. The Morgan fingerprint density at radius 3 is 2.57 bits per heavy atom. The maximum atomic E-state index is 14.5. The molecule has 3 N–H and O–H groups in total. The van der Waals surface area contributed by atoms with Crippen LogP contribution in [0.25, 0.3) is 0 Å². The van der Waals surface area contributed by atoms with Gasteiger partial charge in [-0.3, -0.25) is 0 Å². The lowest BCUT2D eigenvalue weighted by atomic mass is 9.85. The van der Waals surface area contributed by atoms with Crippen molar-refractivity contribution in [2.75, 3.05) is 11.9 Å². The van der Waals surface area contributed by atoms with Crippen molar-refractivity contribution in [2.45, 2.75) is 44.5 Å². The second-order valence-electron chi connectivity index (χ2n) is 7.02. The Balaban J connectivity index is 1.98. The molecule has 0 fully saturated rings. The number of aromatic nitrogens is 1. The van der Waals surface area contributed by atoms with Gasteiger partial charge in [-0.2, -0.15) is 22.0 Å². The molecule has 2 heterocycles. The number of nitrogens with two attached hydrogens (primary N) is 1. The van der Waals surface area contributed by atoms with Crippen LogP contribution in [0.2, 0.25) is 0 Å². The van der Waals surface area contributed by atoms with Gasteiger partial charge in [0.05, 0.1) is 6.04 Å². The van der Waals surface area contributed by atoms with E-state index in [1.54, 1.807) is 0 Å². The van der Waals surface area contributed by atoms with Crippen LogP contribution in [0.4, 0.5) is 32.0 Å². The van der Waals surface area contributed by atoms with E-state index in [9.17, 15) is 26.3 Å². The summed E-state index contributed by atoms with van der Waals surface area (Å²) in [6.45, 7) is 2.53. The topological polar surface area (TPSA) is 85.7 Å². The van der Waals surface area contributed by atoms with Gasteiger partial charge >= 0.3 is 12.1 Å². The summed E-state index contributed by atoms with van der Waals surface area (Å²) in [6.07, 6.45) is -4.77. The highest BCUT2D eigenvalue weighted by Crippen LogP contribution is 2.45. The molecule has 1 aliphatic heterocycles. The second kappa shape index (κ2) is 7.10. The van der Waals surface area contributed by atoms with E-state index in [1.807, 2.05) is 0 Å². The molecule has 2 atom stereocenters. The number of benzene rings is 1. The Morgan fingerprint density at radius 2 is 1.93 bits per heavy atom. The van der Waals surface area contributed by atoms with Gasteiger partial charge in [0.15, 0.2) is 18.0 Å². The lowest BCUT2D eigenvalue weighted by Crippen LogP contribution is -2.51. The number of aliphatic imine (C=N–C) groups is 1. The van der Waals surface area contributed by atoms with Crippen LogP contribution in [0.5, 0.6) is 0 Å². The van der Waals surface area contributed by atoms with E-state index in [0.29, 0.717) is 0 Å². The van der Waals surface area contributed by atoms with Crippen molar-refractivity contribution in [1.29, 1.82) is 0 Å². The molecule has 0 spiro atoms. The molecule has 30 heavy (non-hydrogen) atoms. The molecule has 3 rings (SSSR count). The SMILES string of the molecule is Cc1nc(C(C)Nc2ccc(F)c([C@@]3(C)N=C(N)OCC3(F)F)c2)c(C(F)(F)F)o1. The van der Waals surface area contributed by atoms with E-state index in [-0.39, 0.29) is 11.6 Å². The number of rotatable bonds is 4. The third kappa shape index (κ3) is 3.77. The summed E-state index contributed by atoms with van der Waals surface area (Å²) in [6, 6.07) is 1.59. The van der Waals surface area contributed by atoms with E-state index in [4.69, 9.17) is 5.73 Å².